The maximum absolute atomic E-state index is 13.4. The third kappa shape index (κ3) is 2.74. The molecular weight excluding hydrogens is 287 g/mol. The average Bonchev–Trinajstić information content (AvgIpc) is 2.97. The number of esters is 1. The standard InChI is InChI=1S/C17H11FO4/c18-13-7-3-2-6-12(13)17(20)21-10-14(19)16-9-11-5-1-4-8-15(11)22-16/h1-9H,10H2. The fourth-order valence-corrected chi connectivity index (χ4v) is 2.03. The first-order chi connectivity index (χ1) is 10.6. The van der Waals surface area contributed by atoms with Crippen molar-refractivity contribution in [2.45, 2.75) is 0 Å². The second-order valence-corrected chi connectivity index (χ2v) is 4.63. The van der Waals surface area contributed by atoms with Crippen molar-refractivity contribution in [3.63, 3.8) is 0 Å². The van der Waals surface area contributed by atoms with E-state index in [1.807, 2.05) is 6.07 Å². The number of para-hydroxylation sites is 1. The van der Waals surface area contributed by atoms with Gasteiger partial charge in [0.05, 0.1) is 5.56 Å². The van der Waals surface area contributed by atoms with E-state index in [0.29, 0.717) is 5.58 Å². The van der Waals surface area contributed by atoms with Crippen LogP contribution < -0.4 is 0 Å². The van der Waals surface area contributed by atoms with Crippen LogP contribution in [0.5, 0.6) is 0 Å². The first-order valence-electron chi connectivity index (χ1n) is 6.58. The van der Waals surface area contributed by atoms with Gasteiger partial charge in [-0.05, 0) is 24.3 Å². The number of carbonyl (C=O) groups is 2. The van der Waals surface area contributed by atoms with Gasteiger partial charge in [0.15, 0.2) is 12.4 Å². The predicted octanol–water partition coefficient (Wildman–Crippen LogP) is 3.61. The van der Waals surface area contributed by atoms with Crippen LogP contribution >= 0.6 is 0 Å². The van der Waals surface area contributed by atoms with Crippen molar-refractivity contribution >= 4 is 22.7 Å². The molecule has 0 aliphatic carbocycles. The Labute approximate surface area is 125 Å². The summed E-state index contributed by atoms with van der Waals surface area (Å²) in [5.41, 5.74) is 0.367. The monoisotopic (exact) mass is 298 g/mol. The second kappa shape index (κ2) is 5.81. The lowest BCUT2D eigenvalue weighted by molar-refractivity contribution is 0.0464. The molecular formula is C17H11FO4. The number of Topliss-reactive ketones (excluding diaryl/α,β-unsaturated/α-hetero) is 1. The lowest BCUT2D eigenvalue weighted by atomic mass is 10.2. The normalized spacial score (nSPS) is 10.6. The summed E-state index contributed by atoms with van der Waals surface area (Å²) in [5, 5.41) is 0.784. The lowest BCUT2D eigenvalue weighted by Crippen LogP contribution is -2.14. The predicted molar refractivity (Wildman–Crippen MR) is 77.2 cm³/mol. The molecule has 0 amide bonds. The van der Waals surface area contributed by atoms with Gasteiger partial charge in [0.1, 0.15) is 11.4 Å². The number of rotatable bonds is 4. The van der Waals surface area contributed by atoms with Gasteiger partial charge in [0, 0.05) is 5.39 Å². The van der Waals surface area contributed by atoms with Crippen LogP contribution in [0, 0.1) is 5.82 Å². The van der Waals surface area contributed by atoms with Gasteiger partial charge in [-0.3, -0.25) is 4.79 Å². The van der Waals surface area contributed by atoms with E-state index in [1.54, 1.807) is 24.3 Å². The van der Waals surface area contributed by atoms with Gasteiger partial charge in [-0.1, -0.05) is 30.3 Å². The fourth-order valence-electron chi connectivity index (χ4n) is 2.03. The molecule has 0 saturated carbocycles. The molecule has 2 aromatic carbocycles. The van der Waals surface area contributed by atoms with Crippen LogP contribution in [0.3, 0.4) is 0 Å². The Morgan fingerprint density at radius 3 is 2.55 bits per heavy atom. The number of benzene rings is 2. The zero-order chi connectivity index (χ0) is 15.5. The third-order valence-electron chi connectivity index (χ3n) is 3.13. The molecule has 0 aliphatic heterocycles. The summed E-state index contributed by atoms with van der Waals surface area (Å²) < 4.78 is 23.6. The van der Waals surface area contributed by atoms with Gasteiger partial charge in [-0.2, -0.15) is 0 Å². The molecule has 0 spiro atoms. The number of furan rings is 1. The van der Waals surface area contributed by atoms with Gasteiger partial charge in [-0.15, -0.1) is 0 Å². The molecule has 5 heteroatoms. The summed E-state index contributed by atoms with van der Waals surface area (Å²) in [4.78, 5) is 23.7. The van der Waals surface area contributed by atoms with E-state index in [-0.39, 0.29) is 11.3 Å². The molecule has 0 aliphatic rings. The van der Waals surface area contributed by atoms with Crippen molar-refractivity contribution in [3.8, 4) is 0 Å². The number of ketones is 1. The maximum atomic E-state index is 13.4. The van der Waals surface area contributed by atoms with E-state index in [1.165, 1.54) is 18.2 Å². The van der Waals surface area contributed by atoms with Gasteiger partial charge in [-0.25, -0.2) is 9.18 Å². The van der Waals surface area contributed by atoms with Gasteiger partial charge in [0.25, 0.3) is 0 Å². The Kier molecular flexibility index (Phi) is 3.70. The zero-order valence-corrected chi connectivity index (χ0v) is 11.4. The summed E-state index contributed by atoms with van der Waals surface area (Å²) in [6, 6.07) is 14.2. The van der Waals surface area contributed by atoms with Crippen molar-refractivity contribution in [2.24, 2.45) is 0 Å². The van der Waals surface area contributed by atoms with E-state index < -0.39 is 24.2 Å². The minimum absolute atomic E-state index is 0.0996. The number of ether oxygens (including phenoxy) is 1. The smallest absolute Gasteiger partial charge is 0.341 e. The van der Waals surface area contributed by atoms with Crippen LogP contribution in [-0.4, -0.2) is 18.4 Å². The highest BCUT2D eigenvalue weighted by molar-refractivity contribution is 6.00. The van der Waals surface area contributed by atoms with Crippen LogP contribution in [0.4, 0.5) is 4.39 Å². The third-order valence-corrected chi connectivity index (χ3v) is 3.13. The summed E-state index contributed by atoms with van der Waals surface area (Å²) in [5.74, 6) is -1.96. The van der Waals surface area contributed by atoms with Crippen LogP contribution in [0.2, 0.25) is 0 Å². The average molecular weight is 298 g/mol. The summed E-state index contributed by atoms with van der Waals surface area (Å²) in [6.07, 6.45) is 0. The Hall–Kier alpha value is -2.95. The number of halogens is 1. The largest absolute Gasteiger partial charge is 0.453 e. The molecule has 3 aromatic rings. The highest BCUT2D eigenvalue weighted by Crippen LogP contribution is 2.19. The molecule has 3 rings (SSSR count). The minimum Gasteiger partial charge on any atom is -0.453 e. The van der Waals surface area contributed by atoms with Crippen molar-refractivity contribution in [2.75, 3.05) is 6.61 Å². The van der Waals surface area contributed by atoms with Crippen molar-refractivity contribution in [3.05, 3.63) is 71.7 Å². The Morgan fingerprint density at radius 2 is 1.77 bits per heavy atom. The molecule has 1 heterocycles. The fraction of sp³-hybridized carbons (Fsp3) is 0.0588. The van der Waals surface area contributed by atoms with Crippen LogP contribution in [0.15, 0.2) is 59.0 Å². The summed E-state index contributed by atoms with van der Waals surface area (Å²) in [6.45, 7) is -0.507. The van der Waals surface area contributed by atoms with Crippen LogP contribution in [0.1, 0.15) is 20.9 Å². The lowest BCUT2D eigenvalue weighted by Gasteiger charge is -2.03. The highest BCUT2D eigenvalue weighted by Gasteiger charge is 2.17. The zero-order valence-electron chi connectivity index (χ0n) is 11.4. The first kappa shape index (κ1) is 14.0. The van der Waals surface area contributed by atoms with Crippen molar-refractivity contribution in [1.29, 1.82) is 0 Å². The summed E-state index contributed by atoms with van der Waals surface area (Å²) >= 11 is 0. The number of hydrogen-bond donors (Lipinski definition) is 0. The molecule has 0 atom stereocenters. The first-order valence-corrected chi connectivity index (χ1v) is 6.58. The second-order valence-electron chi connectivity index (χ2n) is 4.63. The molecule has 0 N–H and O–H groups in total. The van der Waals surface area contributed by atoms with E-state index in [9.17, 15) is 14.0 Å². The van der Waals surface area contributed by atoms with Crippen molar-refractivity contribution < 1.29 is 23.1 Å². The molecule has 0 bridgehead atoms. The Bertz CT molecular complexity index is 817. The van der Waals surface area contributed by atoms with E-state index in [4.69, 9.17) is 9.15 Å². The minimum atomic E-state index is -0.887. The van der Waals surface area contributed by atoms with Gasteiger partial charge in [0.2, 0.25) is 5.78 Å². The maximum Gasteiger partial charge on any atom is 0.341 e. The molecule has 1 aromatic heterocycles. The molecule has 0 unspecified atom stereocenters. The number of fused-ring (bicyclic) bond motifs is 1. The highest BCUT2D eigenvalue weighted by atomic mass is 19.1. The number of hydrogen-bond acceptors (Lipinski definition) is 4. The topological polar surface area (TPSA) is 56.5 Å². The van der Waals surface area contributed by atoms with E-state index in [0.717, 1.165) is 11.5 Å². The van der Waals surface area contributed by atoms with Gasteiger partial charge >= 0.3 is 5.97 Å². The molecule has 0 fully saturated rings. The Balaban J connectivity index is 1.69. The molecule has 0 saturated heterocycles. The molecule has 0 radical (unpaired) electrons. The van der Waals surface area contributed by atoms with E-state index >= 15 is 0 Å². The molecule has 110 valence electrons. The molecule has 4 nitrogen and oxygen atoms in total. The van der Waals surface area contributed by atoms with E-state index in [2.05, 4.69) is 0 Å². The number of carbonyl (C=O) groups excluding carboxylic acids is 2. The molecule has 22 heavy (non-hydrogen) atoms. The summed E-state index contributed by atoms with van der Waals surface area (Å²) in [7, 11) is 0. The SMILES string of the molecule is O=C(COC(=O)c1ccccc1F)c1cc2ccccc2o1. The quantitative estimate of drug-likeness (QED) is 0.545. The Morgan fingerprint density at radius 1 is 1.05 bits per heavy atom. The van der Waals surface area contributed by atoms with Crippen LogP contribution in [0.25, 0.3) is 11.0 Å². The van der Waals surface area contributed by atoms with Gasteiger partial charge < -0.3 is 9.15 Å². The van der Waals surface area contributed by atoms with Crippen LogP contribution in [-0.2, 0) is 4.74 Å². The van der Waals surface area contributed by atoms with Crippen molar-refractivity contribution in [1.82, 2.24) is 0 Å².